The first-order valence-electron chi connectivity index (χ1n) is 6.06. The Balaban J connectivity index is 2.48. The van der Waals surface area contributed by atoms with Crippen molar-refractivity contribution in [2.75, 3.05) is 6.54 Å². The van der Waals surface area contributed by atoms with E-state index in [1.54, 1.807) is 6.07 Å². The van der Waals surface area contributed by atoms with E-state index in [4.69, 9.17) is 23.2 Å². The second-order valence-corrected chi connectivity index (χ2v) is 5.89. The van der Waals surface area contributed by atoms with Gasteiger partial charge in [-0.05, 0) is 35.9 Å². The van der Waals surface area contributed by atoms with Gasteiger partial charge in [0.15, 0.2) is 0 Å². The molecule has 0 bridgehead atoms. The Hall–Kier alpha value is -0.540. The molecule has 2 aromatic rings. The molecule has 4 heteroatoms. The third-order valence-electron chi connectivity index (χ3n) is 2.88. The minimum Gasteiger partial charge on any atom is -0.306 e. The van der Waals surface area contributed by atoms with Gasteiger partial charge in [-0.3, -0.25) is 0 Å². The Bertz CT molecular complexity index is 572. The molecule has 100 valence electrons. The van der Waals surface area contributed by atoms with Crippen LogP contribution in [0.25, 0.3) is 0 Å². The lowest BCUT2D eigenvalue weighted by atomic mass is 9.98. The van der Waals surface area contributed by atoms with Crippen molar-refractivity contribution in [1.82, 2.24) is 5.32 Å². The summed E-state index contributed by atoms with van der Waals surface area (Å²) < 4.78 is 1.05. The van der Waals surface area contributed by atoms with Gasteiger partial charge in [-0.2, -0.15) is 0 Å². The normalized spacial score (nSPS) is 12.4. The van der Waals surface area contributed by atoms with E-state index in [0.29, 0.717) is 10.0 Å². The van der Waals surface area contributed by atoms with E-state index in [1.807, 2.05) is 24.3 Å². The predicted molar refractivity (Wildman–Crippen MR) is 86.1 cm³/mol. The Morgan fingerprint density at radius 1 is 1.16 bits per heavy atom. The zero-order chi connectivity index (χ0) is 13.8. The Morgan fingerprint density at radius 2 is 1.89 bits per heavy atom. The molecule has 0 aliphatic heterocycles. The molecule has 0 saturated heterocycles. The van der Waals surface area contributed by atoms with E-state index in [0.717, 1.165) is 22.1 Å². The van der Waals surface area contributed by atoms with E-state index in [9.17, 15) is 0 Å². The molecule has 1 N–H and O–H groups in total. The monoisotopic (exact) mass is 357 g/mol. The third-order valence-corrected chi connectivity index (χ3v) is 4.21. The van der Waals surface area contributed by atoms with Gasteiger partial charge in [0.2, 0.25) is 0 Å². The highest BCUT2D eigenvalue weighted by atomic mass is 79.9. The molecule has 0 aliphatic rings. The quantitative estimate of drug-likeness (QED) is 0.765. The molecule has 0 aromatic heterocycles. The Morgan fingerprint density at radius 3 is 2.58 bits per heavy atom. The SMILES string of the molecule is CCNC(c1cccc(Br)c1)c1cccc(Cl)c1Cl. The summed E-state index contributed by atoms with van der Waals surface area (Å²) in [6.07, 6.45) is 0. The van der Waals surface area contributed by atoms with Crippen molar-refractivity contribution in [3.63, 3.8) is 0 Å². The smallest absolute Gasteiger partial charge is 0.0643 e. The number of benzene rings is 2. The van der Waals surface area contributed by atoms with E-state index < -0.39 is 0 Å². The molecule has 0 aliphatic carbocycles. The zero-order valence-electron chi connectivity index (χ0n) is 10.5. The van der Waals surface area contributed by atoms with Crippen molar-refractivity contribution < 1.29 is 0 Å². The highest BCUT2D eigenvalue weighted by Gasteiger charge is 2.17. The molecule has 0 fully saturated rings. The maximum atomic E-state index is 6.33. The van der Waals surface area contributed by atoms with Crippen LogP contribution in [-0.4, -0.2) is 6.54 Å². The highest BCUT2D eigenvalue weighted by Crippen LogP contribution is 2.33. The molecule has 0 amide bonds. The van der Waals surface area contributed by atoms with E-state index in [1.165, 1.54) is 0 Å². The minimum atomic E-state index is 0.0358. The van der Waals surface area contributed by atoms with E-state index in [-0.39, 0.29) is 6.04 Å². The van der Waals surface area contributed by atoms with Crippen molar-refractivity contribution in [2.45, 2.75) is 13.0 Å². The molecule has 0 radical (unpaired) electrons. The topological polar surface area (TPSA) is 12.0 Å². The van der Waals surface area contributed by atoms with E-state index >= 15 is 0 Å². The first-order chi connectivity index (χ1) is 9.13. The molecule has 0 heterocycles. The number of halogens is 3. The first kappa shape index (κ1) is 14.9. The van der Waals surface area contributed by atoms with Crippen molar-refractivity contribution >= 4 is 39.1 Å². The minimum absolute atomic E-state index is 0.0358. The molecule has 19 heavy (non-hydrogen) atoms. The lowest BCUT2D eigenvalue weighted by molar-refractivity contribution is 0.630. The molecule has 1 nitrogen and oxygen atoms in total. The Kier molecular flexibility index (Phi) is 5.28. The summed E-state index contributed by atoms with van der Waals surface area (Å²) in [6, 6.07) is 14.0. The van der Waals surface area contributed by atoms with Crippen molar-refractivity contribution in [1.29, 1.82) is 0 Å². The molecular formula is C15H14BrCl2N. The van der Waals surface area contributed by atoms with Gasteiger partial charge in [-0.25, -0.2) is 0 Å². The number of hydrogen-bond acceptors (Lipinski definition) is 1. The zero-order valence-corrected chi connectivity index (χ0v) is 13.6. The summed E-state index contributed by atoms with van der Waals surface area (Å²) in [7, 11) is 0. The molecular weight excluding hydrogens is 345 g/mol. The second kappa shape index (κ2) is 6.76. The van der Waals surface area contributed by atoms with Crippen molar-refractivity contribution in [3.8, 4) is 0 Å². The highest BCUT2D eigenvalue weighted by molar-refractivity contribution is 9.10. The predicted octanol–water partition coefficient (Wildman–Crippen LogP) is 5.45. The lowest BCUT2D eigenvalue weighted by Gasteiger charge is -2.21. The first-order valence-corrected chi connectivity index (χ1v) is 7.61. The van der Waals surface area contributed by atoms with E-state index in [2.05, 4.69) is 40.3 Å². The van der Waals surface area contributed by atoms with Gasteiger partial charge in [0.25, 0.3) is 0 Å². The molecule has 1 unspecified atom stereocenters. The number of hydrogen-bond donors (Lipinski definition) is 1. The van der Waals surface area contributed by atoms with Crippen LogP contribution in [0.15, 0.2) is 46.9 Å². The maximum Gasteiger partial charge on any atom is 0.0643 e. The van der Waals surface area contributed by atoms with Gasteiger partial charge in [0.1, 0.15) is 0 Å². The van der Waals surface area contributed by atoms with Crippen LogP contribution in [0.4, 0.5) is 0 Å². The fourth-order valence-corrected chi connectivity index (χ4v) is 2.87. The van der Waals surface area contributed by atoms with Gasteiger partial charge in [0, 0.05) is 4.47 Å². The summed E-state index contributed by atoms with van der Waals surface area (Å²) in [5.41, 5.74) is 2.15. The van der Waals surface area contributed by atoms with Crippen LogP contribution >= 0.6 is 39.1 Å². The molecule has 1 atom stereocenters. The summed E-state index contributed by atoms with van der Waals surface area (Å²) in [6.45, 7) is 2.92. The maximum absolute atomic E-state index is 6.33. The average Bonchev–Trinajstić information content (AvgIpc) is 2.40. The largest absolute Gasteiger partial charge is 0.306 e. The number of rotatable bonds is 4. The standard InChI is InChI=1S/C15H14BrCl2N/c1-2-19-15(10-5-3-6-11(16)9-10)12-7-4-8-13(17)14(12)18/h3-9,15,19H,2H2,1H3. The molecule has 0 spiro atoms. The van der Waals surface area contributed by atoms with Crippen molar-refractivity contribution in [3.05, 3.63) is 68.1 Å². The average molecular weight is 359 g/mol. The van der Waals surface area contributed by atoms with Gasteiger partial charge in [-0.15, -0.1) is 0 Å². The molecule has 0 saturated carbocycles. The summed E-state index contributed by atoms with van der Waals surface area (Å²) in [5, 5.41) is 4.63. The number of nitrogens with one attached hydrogen (secondary N) is 1. The fraction of sp³-hybridized carbons (Fsp3) is 0.200. The fourth-order valence-electron chi connectivity index (χ4n) is 2.04. The van der Waals surface area contributed by atoms with Crippen LogP contribution < -0.4 is 5.32 Å². The second-order valence-electron chi connectivity index (χ2n) is 4.19. The molecule has 2 aromatic carbocycles. The van der Waals surface area contributed by atoms with Crippen LogP contribution in [0.1, 0.15) is 24.1 Å². The van der Waals surface area contributed by atoms with Gasteiger partial charge in [-0.1, -0.05) is 70.3 Å². The summed E-state index contributed by atoms with van der Waals surface area (Å²) in [4.78, 5) is 0. The van der Waals surface area contributed by atoms with Crippen LogP contribution in [0.5, 0.6) is 0 Å². The van der Waals surface area contributed by atoms with Crippen LogP contribution in [0.3, 0.4) is 0 Å². The Labute approximate surface area is 132 Å². The van der Waals surface area contributed by atoms with Crippen LogP contribution in [0, 0.1) is 0 Å². The van der Waals surface area contributed by atoms with Crippen molar-refractivity contribution in [2.24, 2.45) is 0 Å². The summed E-state index contributed by atoms with van der Waals surface area (Å²) in [5.74, 6) is 0. The van der Waals surface area contributed by atoms with Crippen LogP contribution in [-0.2, 0) is 0 Å². The summed E-state index contributed by atoms with van der Waals surface area (Å²) >= 11 is 15.9. The van der Waals surface area contributed by atoms with Gasteiger partial charge >= 0.3 is 0 Å². The third kappa shape index (κ3) is 3.51. The van der Waals surface area contributed by atoms with Gasteiger partial charge in [0.05, 0.1) is 16.1 Å². The van der Waals surface area contributed by atoms with Gasteiger partial charge < -0.3 is 5.32 Å². The van der Waals surface area contributed by atoms with Crippen LogP contribution in [0.2, 0.25) is 10.0 Å². The lowest BCUT2D eigenvalue weighted by Crippen LogP contribution is -2.22. The molecule has 2 rings (SSSR count).